The first-order chi connectivity index (χ1) is 9.01. The Hall–Kier alpha value is -1.38. The van der Waals surface area contributed by atoms with E-state index in [9.17, 15) is 0 Å². The van der Waals surface area contributed by atoms with Crippen LogP contribution in [0, 0.1) is 25.2 Å². The standard InChI is InChI=1S/C14H14BrN3S/c1-8-14(19-10(3)17-8)9(2)18-12-5-4-11(7-16)13(15)6-12/h4-6,9,18H,1-3H3. The summed E-state index contributed by atoms with van der Waals surface area (Å²) in [5, 5.41) is 13.4. The van der Waals surface area contributed by atoms with E-state index in [0.29, 0.717) is 5.56 Å². The highest BCUT2D eigenvalue weighted by Gasteiger charge is 2.13. The normalized spacial score (nSPS) is 11.9. The molecule has 0 amide bonds. The lowest BCUT2D eigenvalue weighted by Crippen LogP contribution is -2.06. The van der Waals surface area contributed by atoms with Crippen LogP contribution in [0.15, 0.2) is 22.7 Å². The smallest absolute Gasteiger partial charge is 0.100 e. The number of thiazole rings is 1. The Morgan fingerprint density at radius 2 is 2.16 bits per heavy atom. The highest BCUT2D eigenvalue weighted by atomic mass is 79.9. The molecule has 0 radical (unpaired) electrons. The van der Waals surface area contributed by atoms with Crippen LogP contribution in [0.1, 0.15) is 34.1 Å². The maximum atomic E-state index is 8.90. The summed E-state index contributed by atoms with van der Waals surface area (Å²) in [5.41, 5.74) is 2.71. The predicted octanol–water partition coefficient (Wildman–Crippen LogP) is 4.57. The van der Waals surface area contributed by atoms with Crippen LogP contribution >= 0.6 is 27.3 Å². The Bertz CT molecular complexity index is 643. The fourth-order valence-electron chi connectivity index (χ4n) is 1.96. The summed E-state index contributed by atoms with van der Waals surface area (Å²) in [5.74, 6) is 0. The van der Waals surface area contributed by atoms with E-state index in [1.807, 2.05) is 32.0 Å². The molecule has 1 N–H and O–H groups in total. The molecule has 0 saturated heterocycles. The number of aromatic nitrogens is 1. The number of aryl methyl sites for hydroxylation is 2. The summed E-state index contributed by atoms with van der Waals surface area (Å²) >= 11 is 5.12. The van der Waals surface area contributed by atoms with Gasteiger partial charge in [-0.3, -0.25) is 0 Å². The van der Waals surface area contributed by atoms with E-state index in [1.54, 1.807) is 11.3 Å². The largest absolute Gasteiger partial charge is 0.378 e. The van der Waals surface area contributed by atoms with Gasteiger partial charge in [0, 0.05) is 15.0 Å². The third-order valence-corrected chi connectivity index (χ3v) is 4.72. The van der Waals surface area contributed by atoms with Crippen molar-refractivity contribution in [3.63, 3.8) is 0 Å². The van der Waals surface area contributed by atoms with Crippen LogP contribution in [0.2, 0.25) is 0 Å². The fraction of sp³-hybridized carbons (Fsp3) is 0.286. The predicted molar refractivity (Wildman–Crippen MR) is 82.5 cm³/mol. The first-order valence-electron chi connectivity index (χ1n) is 5.91. The van der Waals surface area contributed by atoms with E-state index in [4.69, 9.17) is 5.26 Å². The minimum Gasteiger partial charge on any atom is -0.378 e. The number of hydrogen-bond donors (Lipinski definition) is 1. The molecule has 2 aromatic rings. The number of halogens is 1. The average Bonchev–Trinajstić information content (AvgIpc) is 2.69. The minimum absolute atomic E-state index is 0.200. The van der Waals surface area contributed by atoms with Crippen molar-refractivity contribution in [1.82, 2.24) is 4.98 Å². The molecule has 1 aromatic carbocycles. The molecule has 0 fully saturated rings. The van der Waals surface area contributed by atoms with Crippen LogP contribution in [0.3, 0.4) is 0 Å². The highest BCUT2D eigenvalue weighted by molar-refractivity contribution is 9.10. The number of benzene rings is 1. The lowest BCUT2D eigenvalue weighted by Gasteiger charge is -2.14. The molecule has 1 heterocycles. The van der Waals surface area contributed by atoms with Gasteiger partial charge in [0.25, 0.3) is 0 Å². The van der Waals surface area contributed by atoms with Gasteiger partial charge in [-0.05, 0) is 54.9 Å². The van der Waals surface area contributed by atoms with Gasteiger partial charge in [0.2, 0.25) is 0 Å². The van der Waals surface area contributed by atoms with Gasteiger partial charge < -0.3 is 5.32 Å². The second-order valence-corrected chi connectivity index (χ2v) is 6.44. The van der Waals surface area contributed by atoms with Gasteiger partial charge in [0.05, 0.1) is 22.3 Å². The van der Waals surface area contributed by atoms with Crippen molar-refractivity contribution in [3.8, 4) is 6.07 Å². The molecular weight excluding hydrogens is 322 g/mol. The van der Waals surface area contributed by atoms with Crippen LogP contribution in [0.5, 0.6) is 0 Å². The van der Waals surface area contributed by atoms with Crippen molar-refractivity contribution in [3.05, 3.63) is 43.8 Å². The second kappa shape index (κ2) is 5.72. The van der Waals surface area contributed by atoms with Crippen molar-refractivity contribution in [2.24, 2.45) is 0 Å². The van der Waals surface area contributed by atoms with Gasteiger partial charge in [-0.1, -0.05) is 0 Å². The zero-order valence-electron chi connectivity index (χ0n) is 11.0. The van der Waals surface area contributed by atoms with E-state index in [-0.39, 0.29) is 6.04 Å². The number of anilines is 1. The van der Waals surface area contributed by atoms with Gasteiger partial charge in [0.15, 0.2) is 0 Å². The summed E-state index contributed by atoms with van der Waals surface area (Å²) in [7, 11) is 0. The van der Waals surface area contributed by atoms with E-state index < -0.39 is 0 Å². The first kappa shape index (κ1) is 14.0. The molecule has 2 rings (SSSR count). The number of hydrogen-bond acceptors (Lipinski definition) is 4. The Kier molecular flexibility index (Phi) is 4.23. The molecule has 19 heavy (non-hydrogen) atoms. The zero-order chi connectivity index (χ0) is 14.0. The molecule has 3 nitrogen and oxygen atoms in total. The van der Waals surface area contributed by atoms with Gasteiger partial charge >= 0.3 is 0 Å². The second-order valence-electron chi connectivity index (χ2n) is 4.35. The lowest BCUT2D eigenvalue weighted by molar-refractivity contribution is 0.889. The SMILES string of the molecule is Cc1nc(C)c(C(C)Nc2ccc(C#N)c(Br)c2)s1. The molecule has 0 bridgehead atoms. The average molecular weight is 336 g/mol. The topological polar surface area (TPSA) is 48.7 Å². The van der Waals surface area contributed by atoms with Gasteiger partial charge in [-0.15, -0.1) is 11.3 Å². The van der Waals surface area contributed by atoms with Gasteiger partial charge in [-0.25, -0.2) is 4.98 Å². The Morgan fingerprint density at radius 3 is 2.68 bits per heavy atom. The number of rotatable bonds is 3. The number of nitriles is 1. The lowest BCUT2D eigenvalue weighted by atomic mass is 10.2. The summed E-state index contributed by atoms with van der Waals surface area (Å²) in [6.45, 7) is 6.17. The molecular formula is C14H14BrN3S. The molecule has 1 unspecified atom stereocenters. The first-order valence-corrected chi connectivity index (χ1v) is 7.52. The minimum atomic E-state index is 0.200. The van der Waals surface area contributed by atoms with Gasteiger partial charge in [0.1, 0.15) is 6.07 Å². The van der Waals surface area contributed by atoms with Crippen molar-refractivity contribution in [1.29, 1.82) is 5.26 Å². The fourth-order valence-corrected chi connectivity index (χ4v) is 3.36. The highest BCUT2D eigenvalue weighted by Crippen LogP contribution is 2.29. The molecule has 0 aliphatic rings. The third kappa shape index (κ3) is 3.14. The molecule has 0 saturated carbocycles. The van der Waals surface area contributed by atoms with Crippen LogP contribution in [-0.4, -0.2) is 4.98 Å². The molecule has 0 aliphatic heterocycles. The van der Waals surface area contributed by atoms with Crippen molar-refractivity contribution >= 4 is 33.0 Å². The van der Waals surface area contributed by atoms with E-state index >= 15 is 0 Å². The monoisotopic (exact) mass is 335 g/mol. The quantitative estimate of drug-likeness (QED) is 0.893. The van der Waals surface area contributed by atoms with Crippen LogP contribution in [0.25, 0.3) is 0 Å². The van der Waals surface area contributed by atoms with E-state index in [2.05, 4.69) is 39.2 Å². The van der Waals surface area contributed by atoms with Crippen molar-refractivity contribution in [2.45, 2.75) is 26.8 Å². The Labute approximate surface area is 125 Å². The summed E-state index contributed by atoms with van der Waals surface area (Å²) in [4.78, 5) is 5.69. The zero-order valence-corrected chi connectivity index (χ0v) is 13.4. The molecule has 5 heteroatoms. The van der Waals surface area contributed by atoms with Crippen LogP contribution in [-0.2, 0) is 0 Å². The molecule has 1 atom stereocenters. The maximum absolute atomic E-state index is 8.90. The van der Waals surface area contributed by atoms with Crippen LogP contribution < -0.4 is 5.32 Å². The molecule has 0 aliphatic carbocycles. The Morgan fingerprint density at radius 1 is 1.42 bits per heavy atom. The van der Waals surface area contributed by atoms with Crippen molar-refractivity contribution in [2.75, 3.05) is 5.32 Å². The van der Waals surface area contributed by atoms with Gasteiger partial charge in [-0.2, -0.15) is 5.26 Å². The summed E-state index contributed by atoms with van der Waals surface area (Å²) in [6.07, 6.45) is 0. The molecule has 98 valence electrons. The van der Waals surface area contributed by atoms with Crippen LogP contribution in [0.4, 0.5) is 5.69 Å². The molecule has 1 aromatic heterocycles. The Balaban J connectivity index is 2.20. The maximum Gasteiger partial charge on any atom is 0.100 e. The number of nitrogens with zero attached hydrogens (tertiary/aromatic N) is 2. The third-order valence-electron chi connectivity index (χ3n) is 2.81. The number of nitrogens with one attached hydrogen (secondary N) is 1. The van der Waals surface area contributed by atoms with E-state index in [1.165, 1.54) is 4.88 Å². The molecule has 0 spiro atoms. The summed E-state index contributed by atoms with van der Waals surface area (Å²) < 4.78 is 0.810. The summed E-state index contributed by atoms with van der Waals surface area (Å²) in [6, 6.07) is 8.00. The van der Waals surface area contributed by atoms with Crippen molar-refractivity contribution < 1.29 is 0 Å². The van der Waals surface area contributed by atoms with E-state index in [0.717, 1.165) is 20.9 Å².